The number of methoxy groups -OCH3 is 1. The van der Waals surface area contributed by atoms with Crippen molar-refractivity contribution in [3.63, 3.8) is 0 Å². The first kappa shape index (κ1) is 16.3. The second-order valence-corrected chi connectivity index (χ2v) is 5.98. The van der Waals surface area contributed by atoms with Crippen LogP contribution < -0.4 is 4.74 Å². The maximum absolute atomic E-state index is 5.38. The number of likely N-dealkylation sites (N-methyl/N-ethyl adjacent to an activating group) is 1. The highest BCUT2D eigenvalue weighted by Crippen LogP contribution is 2.20. The van der Waals surface area contributed by atoms with Crippen molar-refractivity contribution in [1.82, 2.24) is 4.90 Å². The van der Waals surface area contributed by atoms with Gasteiger partial charge in [0.05, 0.1) is 7.11 Å². The Balaban J connectivity index is 1.67. The van der Waals surface area contributed by atoms with E-state index in [0.717, 1.165) is 24.4 Å². The van der Waals surface area contributed by atoms with Gasteiger partial charge in [-0.2, -0.15) is 0 Å². The molecule has 0 amide bonds. The van der Waals surface area contributed by atoms with Gasteiger partial charge in [0, 0.05) is 18.7 Å². The number of hydrogen-bond acceptors (Lipinski definition) is 2. The third-order valence-corrected chi connectivity index (χ3v) is 4.17. The predicted molar refractivity (Wildman–Crippen MR) is 102 cm³/mol. The number of nitrogens with zero attached hydrogens (tertiary/aromatic N) is 1. The summed E-state index contributed by atoms with van der Waals surface area (Å²) in [6.07, 6.45) is 4.31. The molecule has 0 aromatic heterocycles. The fraction of sp³-hybridized carbons (Fsp3) is 0.182. The molecule has 2 heteroatoms. The molecule has 0 bridgehead atoms. The van der Waals surface area contributed by atoms with Crippen LogP contribution in [-0.4, -0.2) is 25.6 Å². The van der Waals surface area contributed by atoms with Gasteiger partial charge in [0.2, 0.25) is 0 Å². The minimum Gasteiger partial charge on any atom is -0.496 e. The van der Waals surface area contributed by atoms with Crippen molar-refractivity contribution in [2.45, 2.75) is 6.54 Å². The lowest BCUT2D eigenvalue weighted by molar-refractivity contribution is 0.365. The molecular formula is C22H23NO. The average molecular weight is 317 g/mol. The Morgan fingerprint density at radius 3 is 2.54 bits per heavy atom. The molecule has 0 aliphatic heterocycles. The molecule has 0 N–H and O–H groups in total. The Hall–Kier alpha value is -2.58. The van der Waals surface area contributed by atoms with E-state index in [0.29, 0.717) is 0 Å². The molecule has 0 spiro atoms. The van der Waals surface area contributed by atoms with E-state index < -0.39 is 0 Å². The van der Waals surface area contributed by atoms with Gasteiger partial charge in [0.15, 0.2) is 0 Å². The van der Waals surface area contributed by atoms with Crippen molar-refractivity contribution in [1.29, 1.82) is 0 Å². The lowest BCUT2D eigenvalue weighted by atomic mass is 10.0. The second-order valence-electron chi connectivity index (χ2n) is 5.98. The molecule has 0 aliphatic carbocycles. The predicted octanol–water partition coefficient (Wildman–Crippen LogP) is 4.99. The number of rotatable bonds is 6. The summed E-state index contributed by atoms with van der Waals surface area (Å²) in [5.74, 6) is 0.908. The lowest BCUT2D eigenvalue weighted by Crippen LogP contribution is -2.17. The summed E-state index contributed by atoms with van der Waals surface area (Å²) >= 11 is 0. The van der Waals surface area contributed by atoms with Gasteiger partial charge in [0.25, 0.3) is 0 Å². The maximum atomic E-state index is 5.38. The summed E-state index contributed by atoms with van der Waals surface area (Å²) in [5, 5.41) is 2.63. The number of hydrogen-bond donors (Lipinski definition) is 0. The normalized spacial score (nSPS) is 11.5. The van der Waals surface area contributed by atoms with Gasteiger partial charge in [-0.1, -0.05) is 72.8 Å². The van der Waals surface area contributed by atoms with Crippen LogP contribution in [0.3, 0.4) is 0 Å². The summed E-state index contributed by atoms with van der Waals surface area (Å²) in [7, 11) is 3.85. The lowest BCUT2D eigenvalue weighted by Gasteiger charge is -2.16. The zero-order chi connectivity index (χ0) is 16.8. The first-order valence-corrected chi connectivity index (χ1v) is 8.22. The maximum Gasteiger partial charge on any atom is 0.126 e. The van der Waals surface area contributed by atoms with Crippen molar-refractivity contribution < 1.29 is 4.74 Å². The zero-order valence-corrected chi connectivity index (χ0v) is 14.3. The summed E-state index contributed by atoms with van der Waals surface area (Å²) < 4.78 is 5.38. The fourth-order valence-electron chi connectivity index (χ4n) is 2.95. The quantitative estimate of drug-likeness (QED) is 0.635. The largest absolute Gasteiger partial charge is 0.496 e. The molecule has 0 atom stereocenters. The van der Waals surface area contributed by atoms with Crippen LogP contribution in [0.25, 0.3) is 16.8 Å². The first-order valence-electron chi connectivity index (χ1n) is 8.22. The van der Waals surface area contributed by atoms with Crippen LogP contribution in [0.15, 0.2) is 72.8 Å². The number of para-hydroxylation sites is 1. The highest BCUT2D eigenvalue weighted by molar-refractivity contribution is 5.85. The fourth-order valence-corrected chi connectivity index (χ4v) is 2.95. The van der Waals surface area contributed by atoms with Crippen molar-refractivity contribution in [3.05, 3.63) is 83.9 Å². The second kappa shape index (κ2) is 7.80. The summed E-state index contributed by atoms with van der Waals surface area (Å²) in [6.45, 7) is 1.82. The smallest absolute Gasteiger partial charge is 0.126 e. The Bertz CT molecular complexity index is 833. The Morgan fingerprint density at radius 2 is 1.67 bits per heavy atom. The van der Waals surface area contributed by atoms with E-state index >= 15 is 0 Å². The Morgan fingerprint density at radius 1 is 0.917 bits per heavy atom. The molecule has 0 saturated carbocycles. The molecule has 0 heterocycles. The zero-order valence-electron chi connectivity index (χ0n) is 14.3. The van der Waals surface area contributed by atoms with E-state index in [1.807, 2.05) is 18.2 Å². The third kappa shape index (κ3) is 3.84. The monoisotopic (exact) mass is 317 g/mol. The summed E-state index contributed by atoms with van der Waals surface area (Å²) in [6, 6.07) is 23.1. The van der Waals surface area contributed by atoms with Crippen molar-refractivity contribution in [3.8, 4) is 5.75 Å². The average Bonchev–Trinajstić information content (AvgIpc) is 2.62. The van der Waals surface area contributed by atoms with Crippen molar-refractivity contribution in [2.24, 2.45) is 0 Å². The number of benzene rings is 3. The number of fused-ring (bicyclic) bond motifs is 1. The van der Waals surface area contributed by atoms with Crippen LogP contribution in [0.1, 0.15) is 11.1 Å². The molecule has 0 aliphatic rings. The van der Waals surface area contributed by atoms with E-state index in [9.17, 15) is 0 Å². The van der Waals surface area contributed by atoms with Gasteiger partial charge in [-0.05, 0) is 29.4 Å². The van der Waals surface area contributed by atoms with Crippen molar-refractivity contribution >= 4 is 16.8 Å². The Labute approximate surface area is 144 Å². The SMILES string of the molecule is COc1ccccc1/C=C/CN(C)Cc1cccc2ccccc12. The van der Waals surface area contributed by atoms with Gasteiger partial charge in [-0.25, -0.2) is 0 Å². The molecule has 0 radical (unpaired) electrons. The van der Waals surface area contributed by atoms with Crippen LogP contribution >= 0.6 is 0 Å². The molecule has 0 fully saturated rings. The van der Waals surface area contributed by atoms with E-state index in [1.165, 1.54) is 16.3 Å². The highest BCUT2D eigenvalue weighted by Gasteiger charge is 2.03. The molecule has 2 nitrogen and oxygen atoms in total. The minimum atomic E-state index is 0.890. The molecule has 0 saturated heterocycles. The van der Waals surface area contributed by atoms with Gasteiger partial charge >= 0.3 is 0 Å². The highest BCUT2D eigenvalue weighted by atomic mass is 16.5. The van der Waals surface area contributed by atoms with Gasteiger partial charge in [0.1, 0.15) is 5.75 Å². The molecule has 3 aromatic rings. The number of ether oxygens (including phenoxy) is 1. The standard InChI is InChI=1S/C22H23NO/c1-23(16-8-13-19-10-4-6-15-22(19)24-2)17-20-12-7-11-18-9-3-5-14-21(18)20/h3-15H,16-17H2,1-2H3/b13-8+. The minimum absolute atomic E-state index is 0.890. The molecule has 0 unspecified atom stereocenters. The van der Waals surface area contributed by atoms with Crippen molar-refractivity contribution in [2.75, 3.05) is 20.7 Å². The molecule has 122 valence electrons. The van der Waals surface area contributed by atoms with E-state index in [-0.39, 0.29) is 0 Å². The van der Waals surface area contributed by atoms with Crippen LogP contribution in [0.5, 0.6) is 5.75 Å². The van der Waals surface area contributed by atoms with Gasteiger partial charge < -0.3 is 4.74 Å². The molecule has 3 aromatic carbocycles. The topological polar surface area (TPSA) is 12.5 Å². The van der Waals surface area contributed by atoms with E-state index in [1.54, 1.807) is 7.11 Å². The van der Waals surface area contributed by atoms with Crippen LogP contribution in [0.4, 0.5) is 0 Å². The third-order valence-electron chi connectivity index (χ3n) is 4.17. The van der Waals surface area contributed by atoms with Crippen LogP contribution in [-0.2, 0) is 6.54 Å². The molecule has 3 rings (SSSR count). The molecular weight excluding hydrogens is 294 g/mol. The summed E-state index contributed by atoms with van der Waals surface area (Å²) in [4.78, 5) is 2.31. The summed E-state index contributed by atoms with van der Waals surface area (Å²) in [5.41, 5.74) is 2.47. The van der Waals surface area contributed by atoms with Crippen LogP contribution in [0.2, 0.25) is 0 Å². The molecule has 24 heavy (non-hydrogen) atoms. The van der Waals surface area contributed by atoms with Gasteiger partial charge in [-0.15, -0.1) is 0 Å². The van der Waals surface area contributed by atoms with E-state index in [4.69, 9.17) is 4.74 Å². The first-order chi connectivity index (χ1) is 11.8. The van der Waals surface area contributed by atoms with Crippen LogP contribution in [0, 0.1) is 0 Å². The van der Waals surface area contributed by atoms with Gasteiger partial charge in [-0.3, -0.25) is 4.90 Å². The van der Waals surface area contributed by atoms with E-state index in [2.05, 4.69) is 72.6 Å². The Kier molecular flexibility index (Phi) is 5.29.